The predicted octanol–water partition coefficient (Wildman–Crippen LogP) is 2.50. The van der Waals surface area contributed by atoms with Crippen LogP contribution in [0.2, 0.25) is 0 Å². The molecule has 94 valence electrons. The second-order valence-electron chi connectivity index (χ2n) is 5.18. The molecule has 1 aliphatic rings. The lowest BCUT2D eigenvalue weighted by atomic mass is 10.00. The minimum Gasteiger partial charge on any atom is -0.391 e. The number of hydrogen-bond acceptors (Lipinski definition) is 2. The fourth-order valence-corrected chi connectivity index (χ4v) is 2.39. The maximum atomic E-state index is 10.1. The molecule has 1 aliphatic carbocycles. The largest absolute Gasteiger partial charge is 0.391 e. The van der Waals surface area contributed by atoms with Gasteiger partial charge in [-0.1, -0.05) is 42.5 Å². The Morgan fingerprint density at radius 1 is 1.11 bits per heavy atom. The summed E-state index contributed by atoms with van der Waals surface area (Å²) >= 11 is 0. The first-order valence-corrected chi connectivity index (χ1v) is 6.71. The molecular formula is C16H19NO. The van der Waals surface area contributed by atoms with Crippen LogP contribution in [0.25, 0.3) is 10.8 Å². The summed E-state index contributed by atoms with van der Waals surface area (Å²) in [6.07, 6.45) is 2.96. The average molecular weight is 241 g/mol. The van der Waals surface area contributed by atoms with Gasteiger partial charge in [-0.25, -0.2) is 0 Å². The maximum Gasteiger partial charge on any atom is 0.0705 e. The fourth-order valence-electron chi connectivity index (χ4n) is 2.39. The summed E-state index contributed by atoms with van der Waals surface area (Å²) in [4.78, 5) is 0. The van der Waals surface area contributed by atoms with Crippen molar-refractivity contribution >= 4 is 10.8 Å². The van der Waals surface area contributed by atoms with Gasteiger partial charge in [-0.3, -0.25) is 0 Å². The van der Waals surface area contributed by atoms with E-state index in [4.69, 9.17) is 0 Å². The third-order valence-corrected chi connectivity index (χ3v) is 3.55. The van der Waals surface area contributed by atoms with Crippen LogP contribution in [-0.4, -0.2) is 23.8 Å². The third kappa shape index (κ3) is 2.71. The van der Waals surface area contributed by atoms with Crippen LogP contribution in [-0.2, 0) is 6.42 Å². The second-order valence-corrected chi connectivity index (χ2v) is 5.18. The van der Waals surface area contributed by atoms with Crippen LogP contribution < -0.4 is 5.32 Å². The minimum absolute atomic E-state index is 0.295. The molecular weight excluding hydrogens is 222 g/mol. The second kappa shape index (κ2) is 5.09. The molecule has 0 amide bonds. The van der Waals surface area contributed by atoms with Crippen molar-refractivity contribution in [3.05, 3.63) is 48.0 Å². The highest BCUT2D eigenvalue weighted by Gasteiger charge is 2.21. The van der Waals surface area contributed by atoms with Gasteiger partial charge in [0.15, 0.2) is 0 Å². The lowest BCUT2D eigenvalue weighted by Gasteiger charge is -2.13. The first-order chi connectivity index (χ1) is 8.83. The van der Waals surface area contributed by atoms with Gasteiger partial charge in [0, 0.05) is 19.0 Å². The number of benzene rings is 2. The molecule has 18 heavy (non-hydrogen) atoms. The zero-order valence-corrected chi connectivity index (χ0v) is 10.5. The van der Waals surface area contributed by atoms with Gasteiger partial charge in [0.05, 0.1) is 6.10 Å². The van der Waals surface area contributed by atoms with Crippen molar-refractivity contribution in [2.24, 2.45) is 0 Å². The highest BCUT2D eigenvalue weighted by atomic mass is 16.3. The van der Waals surface area contributed by atoms with Gasteiger partial charge in [0.2, 0.25) is 0 Å². The van der Waals surface area contributed by atoms with E-state index < -0.39 is 0 Å². The van der Waals surface area contributed by atoms with E-state index in [0.29, 0.717) is 12.6 Å². The van der Waals surface area contributed by atoms with E-state index in [1.807, 2.05) is 0 Å². The van der Waals surface area contributed by atoms with E-state index in [-0.39, 0.29) is 6.10 Å². The molecule has 0 aromatic heterocycles. The average Bonchev–Trinajstić information content (AvgIpc) is 3.21. The summed E-state index contributed by atoms with van der Waals surface area (Å²) in [5, 5.41) is 16.0. The van der Waals surface area contributed by atoms with Crippen LogP contribution in [0.5, 0.6) is 0 Å². The molecule has 1 fully saturated rings. The fraction of sp³-hybridized carbons (Fsp3) is 0.375. The normalized spacial score (nSPS) is 16.9. The van der Waals surface area contributed by atoms with Crippen molar-refractivity contribution in [1.29, 1.82) is 0 Å². The number of hydrogen-bond donors (Lipinski definition) is 2. The molecule has 2 N–H and O–H groups in total. The first kappa shape index (κ1) is 11.7. The highest BCUT2D eigenvalue weighted by molar-refractivity contribution is 5.85. The van der Waals surface area contributed by atoms with E-state index in [2.05, 4.69) is 47.8 Å². The number of aliphatic hydroxyl groups excluding tert-OH is 1. The molecule has 0 saturated heterocycles. The summed E-state index contributed by atoms with van der Waals surface area (Å²) in [5.74, 6) is 0. The minimum atomic E-state index is -0.295. The topological polar surface area (TPSA) is 32.3 Å². The third-order valence-electron chi connectivity index (χ3n) is 3.55. The quantitative estimate of drug-likeness (QED) is 0.843. The highest BCUT2D eigenvalue weighted by Crippen LogP contribution is 2.21. The molecule has 0 spiro atoms. The molecule has 1 atom stereocenters. The van der Waals surface area contributed by atoms with Crippen molar-refractivity contribution < 1.29 is 5.11 Å². The van der Waals surface area contributed by atoms with Gasteiger partial charge in [0.25, 0.3) is 0 Å². The molecule has 0 heterocycles. The molecule has 1 saturated carbocycles. The van der Waals surface area contributed by atoms with E-state index in [0.717, 1.165) is 6.42 Å². The lowest BCUT2D eigenvalue weighted by Crippen LogP contribution is -2.29. The van der Waals surface area contributed by atoms with E-state index in [1.54, 1.807) is 0 Å². The summed E-state index contributed by atoms with van der Waals surface area (Å²) in [7, 11) is 0. The zero-order valence-electron chi connectivity index (χ0n) is 10.5. The maximum absolute atomic E-state index is 10.1. The van der Waals surface area contributed by atoms with Crippen LogP contribution in [0.4, 0.5) is 0 Å². The van der Waals surface area contributed by atoms with Gasteiger partial charge in [-0.2, -0.15) is 0 Å². The Hall–Kier alpha value is -1.38. The molecule has 0 radical (unpaired) electrons. The van der Waals surface area contributed by atoms with Crippen LogP contribution in [0.15, 0.2) is 42.5 Å². The molecule has 2 nitrogen and oxygen atoms in total. The number of fused-ring (bicyclic) bond motifs is 1. The van der Waals surface area contributed by atoms with Crippen LogP contribution in [0, 0.1) is 0 Å². The summed E-state index contributed by atoms with van der Waals surface area (Å²) in [6.45, 7) is 0.702. The number of nitrogens with one attached hydrogen (secondary N) is 1. The van der Waals surface area contributed by atoms with Crippen molar-refractivity contribution in [2.45, 2.75) is 31.4 Å². The summed E-state index contributed by atoms with van der Waals surface area (Å²) in [6, 6.07) is 15.3. The Morgan fingerprint density at radius 3 is 2.72 bits per heavy atom. The molecule has 2 aromatic carbocycles. The standard InChI is InChI=1S/C16H19NO/c18-15(11-17-14-8-9-14)10-13-6-3-5-12-4-1-2-7-16(12)13/h1-7,14-15,17-18H,8-11H2. The van der Waals surface area contributed by atoms with Gasteiger partial charge in [-0.05, 0) is 29.2 Å². The molecule has 0 aliphatic heterocycles. The van der Waals surface area contributed by atoms with Crippen molar-refractivity contribution in [3.63, 3.8) is 0 Å². The summed E-state index contributed by atoms with van der Waals surface area (Å²) in [5.41, 5.74) is 1.23. The van der Waals surface area contributed by atoms with E-state index in [9.17, 15) is 5.11 Å². The Labute approximate surface area is 108 Å². The van der Waals surface area contributed by atoms with E-state index in [1.165, 1.54) is 29.2 Å². The van der Waals surface area contributed by atoms with Crippen LogP contribution in [0.1, 0.15) is 18.4 Å². The Bertz CT molecular complexity index is 528. The SMILES string of the molecule is OC(CNC1CC1)Cc1cccc2ccccc12. The predicted molar refractivity (Wildman–Crippen MR) is 74.7 cm³/mol. The molecule has 1 unspecified atom stereocenters. The van der Waals surface area contributed by atoms with Gasteiger partial charge < -0.3 is 10.4 Å². The van der Waals surface area contributed by atoms with Crippen molar-refractivity contribution in [3.8, 4) is 0 Å². The van der Waals surface area contributed by atoms with Gasteiger partial charge in [0.1, 0.15) is 0 Å². The Kier molecular flexibility index (Phi) is 3.31. The smallest absolute Gasteiger partial charge is 0.0705 e. The van der Waals surface area contributed by atoms with Crippen LogP contribution in [0.3, 0.4) is 0 Å². The first-order valence-electron chi connectivity index (χ1n) is 6.71. The zero-order chi connectivity index (χ0) is 12.4. The molecule has 2 heteroatoms. The molecule has 2 aromatic rings. The molecule has 0 bridgehead atoms. The lowest BCUT2D eigenvalue weighted by molar-refractivity contribution is 0.172. The van der Waals surface area contributed by atoms with Gasteiger partial charge in [-0.15, -0.1) is 0 Å². The van der Waals surface area contributed by atoms with Crippen molar-refractivity contribution in [1.82, 2.24) is 5.32 Å². The van der Waals surface area contributed by atoms with E-state index >= 15 is 0 Å². The Balaban J connectivity index is 1.72. The molecule has 3 rings (SSSR count). The Morgan fingerprint density at radius 2 is 1.89 bits per heavy atom. The summed E-state index contributed by atoms with van der Waals surface area (Å²) < 4.78 is 0. The van der Waals surface area contributed by atoms with Gasteiger partial charge >= 0.3 is 0 Å². The number of aliphatic hydroxyl groups is 1. The number of rotatable bonds is 5. The van der Waals surface area contributed by atoms with Crippen LogP contribution >= 0.6 is 0 Å². The monoisotopic (exact) mass is 241 g/mol. The van der Waals surface area contributed by atoms with Crippen molar-refractivity contribution in [2.75, 3.05) is 6.54 Å².